The van der Waals surface area contributed by atoms with E-state index < -0.39 is 6.10 Å². The number of aliphatic hydroxyl groups is 1. The highest BCUT2D eigenvalue weighted by Gasteiger charge is 2.13. The van der Waals surface area contributed by atoms with Gasteiger partial charge in [-0.05, 0) is 51.8 Å². The summed E-state index contributed by atoms with van der Waals surface area (Å²) in [6.45, 7) is 0. The molecule has 2 aromatic heterocycles. The topological polar surface area (TPSA) is 33.1 Å². The number of hydrogen-bond donors (Lipinski definition) is 1. The molecule has 1 N–H and O–H groups in total. The molecular weight excluding hydrogens is 310 g/mol. The predicted octanol–water partition coefficient (Wildman–Crippen LogP) is 4.14. The van der Waals surface area contributed by atoms with Gasteiger partial charge in [0.25, 0.3) is 0 Å². The van der Waals surface area contributed by atoms with E-state index in [9.17, 15) is 5.11 Å². The van der Waals surface area contributed by atoms with Crippen molar-refractivity contribution in [2.24, 2.45) is 0 Å². The Labute approximate surface area is 117 Å². The number of aromatic nitrogens is 1. The van der Waals surface area contributed by atoms with Crippen LogP contribution in [0.15, 0.2) is 52.4 Å². The van der Waals surface area contributed by atoms with Gasteiger partial charge in [-0.2, -0.15) is 0 Å². The lowest BCUT2D eigenvalue weighted by atomic mass is 10.1. The molecule has 2 nitrogen and oxygen atoms in total. The van der Waals surface area contributed by atoms with Gasteiger partial charge in [-0.25, -0.2) is 0 Å². The minimum atomic E-state index is -0.578. The maximum Gasteiger partial charge on any atom is 0.113 e. The number of halogens is 1. The number of hydrogen-bond acceptors (Lipinski definition) is 3. The molecule has 90 valence electrons. The molecule has 2 heterocycles. The summed E-state index contributed by atoms with van der Waals surface area (Å²) in [5.74, 6) is 0. The normalized spacial score (nSPS) is 12.8. The number of benzene rings is 1. The second-order valence-electron chi connectivity index (χ2n) is 4.00. The lowest BCUT2D eigenvalue weighted by molar-refractivity contribution is 0.224. The van der Waals surface area contributed by atoms with Gasteiger partial charge in [0.05, 0.1) is 9.30 Å². The third kappa shape index (κ3) is 2.19. The summed E-state index contributed by atoms with van der Waals surface area (Å²) in [5, 5.41) is 11.4. The van der Waals surface area contributed by atoms with Gasteiger partial charge >= 0.3 is 0 Å². The molecule has 1 aromatic carbocycles. The maximum absolute atomic E-state index is 10.3. The number of fused-ring (bicyclic) bond motifs is 1. The van der Waals surface area contributed by atoms with E-state index in [1.54, 1.807) is 17.5 Å². The number of pyridine rings is 1. The molecule has 0 bridgehead atoms. The van der Waals surface area contributed by atoms with E-state index in [2.05, 4.69) is 20.9 Å². The standard InChI is InChI=1S/C14H10BrNOS/c15-13-6-5-12(18-13)14(17)10-3-4-11-9(8-10)2-1-7-16-11/h1-8,14,17H. The van der Waals surface area contributed by atoms with Gasteiger partial charge in [0.15, 0.2) is 0 Å². The third-order valence-corrected chi connectivity index (χ3v) is 4.48. The Bertz CT molecular complexity index is 695. The Morgan fingerprint density at radius 1 is 1.17 bits per heavy atom. The highest BCUT2D eigenvalue weighted by atomic mass is 79.9. The monoisotopic (exact) mass is 319 g/mol. The fraction of sp³-hybridized carbons (Fsp3) is 0.0714. The smallest absolute Gasteiger partial charge is 0.113 e. The molecule has 0 aliphatic heterocycles. The van der Waals surface area contributed by atoms with Crippen LogP contribution in [0.3, 0.4) is 0 Å². The number of aliphatic hydroxyl groups excluding tert-OH is 1. The second-order valence-corrected chi connectivity index (χ2v) is 6.49. The Hall–Kier alpha value is -1.23. The van der Waals surface area contributed by atoms with Gasteiger partial charge in [0.2, 0.25) is 0 Å². The molecule has 3 aromatic rings. The molecule has 18 heavy (non-hydrogen) atoms. The van der Waals surface area contributed by atoms with Crippen molar-refractivity contribution in [3.05, 3.63) is 62.9 Å². The Balaban J connectivity index is 2.03. The summed E-state index contributed by atoms with van der Waals surface area (Å²) in [5.41, 5.74) is 1.84. The van der Waals surface area contributed by atoms with E-state index in [1.165, 1.54) is 0 Å². The average molecular weight is 320 g/mol. The van der Waals surface area contributed by atoms with Crippen LogP contribution in [0.25, 0.3) is 10.9 Å². The van der Waals surface area contributed by atoms with Crippen molar-refractivity contribution >= 4 is 38.2 Å². The SMILES string of the molecule is OC(c1ccc2ncccc2c1)c1ccc(Br)s1. The molecule has 0 amide bonds. The van der Waals surface area contributed by atoms with Crippen molar-refractivity contribution in [1.82, 2.24) is 4.98 Å². The first-order valence-electron chi connectivity index (χ1n) is 5.52. The van der Waals surface area contributed by atoms with E-state index in [-0.39, 0.29) is 0 Å². The third-order valence-electron chi connectivity index (χ3n) is 2.81. The molecule has 0 spiro atoms. The molecule has 1 unspecified atom stereocenters. The van der Waals surface area contributed by atoms with E-state index in [0.29, 0.717) is 0 Å². The predicted molar refractivity (Wildman–Crippen MR) is 77.8 cm³/mol. The first kappa shape index (κ1) is 11.8. The number of thiophene rings is 1. The molecule has 3 rings (SSSR count). The zero-order valence-electron chi connectivity index (χ0n) is 9.38. The van der Waals surface area contributed by atoms with Crippen molar-refractivity contribution in [1.29, 1.82) is 0 Å². The van der Waals surface area contributed by atoms with Crippen LogP contribution < -0.4 is 0 Å². The number of nitrogens with zero attached hydrogens (tertiary/aromatic N) is 1. The van der Waals surface area contributed by atoms with Gasteiger partial charge in [-0.3, -0.25) is 4.98 Å². The first-order valence-corrected chi connectivity index (χ1v) is 7.13. The fourth-order valence-corrected chi connectivity index (χ4v) is 3.34. The van der Waals surface area contributed by atoms with Crippen LogP contribution in [0, 0.1) is 0 Å². The van der Waals surface area contributed by atoms with E-state index in [0.717, 1.165) is 25.1 Å². The van der Waals surface area contributed by atoms with Crippen molar-refractivity contribution in [2.45, 2.75) is 6.10 Å². The van der Waals surface area contributed by atoms with Crippen LogP contribution in [0.2, 0.25) is 0 Å². The molecule has 0 aliphatic carbocycles. The number of rotatable bonds is 2. The molecular formula is C14H10BrNOS. The molecule has 0 aliphatic rings. The minimum absolute atomic E-state index is 0.578. The Morgan fingerprint density at radius 3 is 2.83 bits per heavy atom. The van der Waals surface area contributed by atoms with Gasteiger partial charge < -0.3 is 5.11 Å². The van der Waals surface area contributed by atoms with Crippen molar-refractivity contribution < 1.29 is 5.11 Å². The first-order chi connectivity index (χ1) is 8.74. The zero-order chi connectivity index (χ0) is 12.5. The molecule has 0 saturated heterocycles. The second kappa shape index (κ2) is 4.80. The largest absolute Gasteiger partial charge is 0.383 e. The van der Waals surface area contributed by atoms with Gasteiger partial charge in [0.1, 0.15) is 6.10 Å². The van der Waals surface area contributed by atoms with Gasteiger partial charge in [-0.1, -0.05) is 12.1 Å². The van der Waals surface area contributed by atoms with Crippen molar-refractivity contribution in [2.75, 3.05) is 0 Å². The summed E-state index contributed by atoms with van der Waals surface area (Å²) in [7, 11) is 0. The molecule has 1 atom stereocenters. The lowest BCUT2D eigenvalue weighted by Crippen LogP contribution is -1.96. The minimum Gasteiger partial charge on any atom is -0.383 e. The quantitative estimate of drug-likeness (QED) is 0.770. The van der Waals surface area contributed by atoms with Gasteiger partial charge in [-0.15, -0.1) is 11.3 Å². The highest BCUT2D eigenvalue weighted by Crippen LogP contribution is 2.32. The van der Waals surface area contributed by atoms with Crippen LogP contribution in [0.1, 0.15) is 16.5 Å². The summed E-state index contributed by atoms with van der Waals surface area (Å²) >= 11 is 4.96. The van der Waals surface area contributed by atoms with Crippen LogP contribution in [-0.2, 0) is 0 Å². The molecule has 0 fully saturated rings. The van der Waals surface area contributed by atoms with E-state index >= 15 is 0 Å². The molecule has 4 heteroatoms. The zero-order valence-corrected chi connectivity index (χ0v) is 11.8. The van der Waals surface area contributed by atoms with E-state index in [1.807, 2.05) is 42.5 Å². The average Bonchev–Trinajstić information content (AvgIpc) is 2.84. The van der Waals surface area contributed by atoms with Crippen LogP contribution >= 0.6 is 27.3 Å². The van der Waals surface area contributed by atoms with Crippen LogP contribution in [0.4, 0.5) is 0 Å². The summed E-state index contributed by atoms with van der Waals surface area (Å²) in [4.78, 5) is 5.21. The summed E-state index contributed by atoms with van der Waals surface area (Å²) < 4.78 is 1.03. The summed E-state index contributed by atoms with van der Waals surface area (Å²) in [6.07, 6.45) is 1.19. The molecule has 0 radical (unpaired) electrons. The van der Waals surface area contributed by atoms with E-state index in [4.69, 9.17) is 0 Å². The fourth-order valence-electron chi connectivity index (χ4n) is 1.90. The molecule has 0 saturated carbocycles. The maximum atomic E-state index is 10.3. The van der Waals surface area contributed by atoms with Crippen molar-refractivity contribution in [3.63, 3.8) is 0 Å². The van der Waals surface area contributed by atoms with Crippen molar-refractivity contribution in [3.8, 4) is 0 Å². The Kier molecular flexibility index (Phi) is 3.16. The summed E-state index contributed by atoms with van der Waals surface area (Å²) in [6, 6.07) is 13.6. The van der Waals surface area contributed by atoms with Crippen LogP contribution in [0.5, 0.6) is 0 Å². The van der Waals surface area contributed by atoms with Crippen LogP contribution in [-0.4, -0.2) is 10.1 Å². The lowest BCUT2D eigenvalue weighted by Gasteiger charge is -2.09. The highest BCUT2D eigenvalue weighted by molar-refractivity contribution is 9.11. The Morgan fingerprint density at radius 2 is 2.06 bits per heavy atom. The van der Waals surface area contributed by atoms with Gasteiger partial charge in [0, 0.05) is 16.5 Å².